The molecule has 0 amide bonds. The molecule has 0 bridgehead atoms. The summed E-state index contributed by atoms with van der Waals surface area (Å²) in [5.74, 6) is 0.969. The first-order chi connectivity index (χ1) is 12.5. The van der Waals surface area contributed by atoms with Gasteiger partial charge < -0.3 is 0 Å². The van der Waals surface area contributed by atoms with Gasteiger partial charge in [-0.1, -0.05) is 59.9 Å². The minimum Gasteiger partial charge on any atom is -0.282 e. The second kappa shape index (κ2) is 8.86. The van der Waals surface area contributed by atoms with Crippen LogP contribution in [-0.2, 0) is 0 Å². The van der Waals surface area contributed by atoms with Gasteiger partial charge in [0.15, 0.2) is 5.84 Å². The van der Waals surface area contributed by atoms with E-state index in [0.717, 1.165) is 36.1 Å². The van der Waals surface area contributed by atoms with E-state index < -0.39 is 0 Å². The zero-order valence-electron chi connectivity index (χ0n) is 13.6. The molecule has 0 unspecified atom stereocenters. The third kappa shape index (κ3) is 5.20. The Balaban J connectivity index is 1.95. The predicted octanol–water partition coefficient (Wildman–Crippen LogP) is 5.64. The fourth-order valence-corrected chi connectivity index (χ4v) is 3.10. The minimum atomic E-state index is 0.226. The molecule has 0 heterocycles. The number of nitrogens with two attached hydrogens (primary N) is 1. The molecule has 0 atom stereocenters. The van der Waals surface area contributed by atoms with Gasteiger partial charge >= 0.3 is 0 Å². The quantitative estimate of drug-likeness (QED) is 0.247. The maximum absolute atomic E-state index is 8.38. The smallest absolute Gasteiger partial charge is 0.238 e. The van der Waals surface area contributed by atoms with E-state index in [4.69, 9.17) is 5.41 Å². The highest BCUT2D eigenvalue weighted by Crippen LogP contribution is 2.14. The van der Waals surface area contributed by atoms with E-state index in [1.807, 2.05) is 78.1 Å². The third-order valence-corrected chi connectivity index (χ3v) is 5.25. The third-order valence-electron chi connectivity index (χ3n) is 3.66. The van der Waals surface area contributed by atoms with Gasteiger partial charge in [0.1, 0.15) is 5.69 Å². The number of nitrogens with one attached hydrogen (secondary N) is 1. The van der Waals surface area contributed by atoms with E-state index in [9.17, 15) is 0 Å². The first-order valence-corrected chi connectivity index (χ1v) is 10.2. The number of benzene rings is 3. The lowest BCUT2D eigenvalue weighted by Crippen LogP contribution is -2.82. The lowest BCUT2D eigenvalue weighted by Gasteiger charge is -2.06. The first kappa shape index (κ1) is 19.2. The molecule has 26 heavy (non-hydrogen) atoms. The number of nitrogens with zero attached hydrogens (tertiary/aromatic N) is 1. The molecule has 3 aromatic rings. The van der Waals surface area contributed by atoms with Crippen LogP contribution in [0.5, 0.6) is 0 Å². The second-order valence-electron chi connectivity index (χ2n) is 5.56. The molecule has 0 spiro atoms. The number of aliphatic imine (C=N–C) groups is 1. The molecular formula is C20H15Br3N3+. The maximum Gasteiger partial charge on any atom is 0.238 e. The van der Waals surface area contributed by atoms with Crippen molar-refractivity contribution in [2.45, 2.75) is 0 Å². The maximum atomic E-state index is 8.38. The normalized spacial score (nSPS) is 11.4. The summed E-state index contributed by atoms with van der Waals surface area (Å²) in [5.41, 5.74) is 2.75. The summed E-state index contributed by atoms with van der Waals surface area (Å²) in [6.45, 7) is 0. The van der Waals surface area contributed by atoms with Crippen LogP contribution in [0.1, 0.15) is 11.1 Å². The average Bonchev–Trinajstić information content (AvgIpc) is 2.64. The minimum absolute atomic E-state index is 0.226. The molecule has 0 aromatic heterocycles. The lowest BCUT2D eigenvalue weighted by atomic mass is 10.1. The van der Waals surface area contributed by atoms with Crippen molar-refractivity contribution >= 4 is 65.1 Å². The number of quaternary nitrogens is 1. The van der Waals surface area contributed by atoms with Crippen LogP contribution in [0, 0.1) is 5.41 Å². The van der Waals surface area contributed by atoms with Crippen molar-refractivity contribution in [2.75, 3.05) is 0 Å². The van der Waals surface area contributed by atoms with Gasteiger partial charge in [-0.3, -0.25) is 10.7 Å². The Labute approximate surface area is 177 Å². The van der Waals surface area contributed by atoms with Crippen molar-refractivity contribution < 1.29 is 5.32 Å². The highest BCUT2D eigenvalue weighted by molar-refractivity contribution is 9.11. The Hall–Kier alpha value is -1.60. The molecule has 0 aliphatic carbocycles. The Bertz CT molecular complexity index is 932. The number of hydrogen-bond acceptors (Lipinski definition) is 1. The zero-order valence-corrected chi connectivity index (χ0v) is 18.3. The molecule has 0 aliphatic rings. The highest BCUT2D eigenvalue weighted by atomic mass is 79.9. The van der Waals surface area contributed by atoms with E-state index in [2.05, 4.69) is 52.8 Å². The summed E-state index contributed by atoms with van der Waals surface area (Å²) in [5, 5.41) is 10.4. The zero-order chi connectivity index (χ0) is 18.5. The number of halogens is 3. The van der Waals surface area contributed by atoms with Crippen molar-refractivity contribution in [3.8, 4) is 0 Å². The van der Waals surface area contributed by atoms with Gasteiger partial charge in [0.25, 0.3) is 0 Å². The van der Waals surface area contributed by atoms with Crippen molar-refractivity contribution in [2.24, 2.45) is 4.99 Å². The van der Waals surface area contributed by atoms with Gasteiger partial charge in [-0.15, -0.1) is 0 Å². The van der Waals surface area contributed by atoms with Gasteiger partial charge in [0.2, 0.25) is 5.84 Å². The van der Waals surface area contributed by atoms with E-state index >= 15 is 0 Å². The summed E-state index contributed by atoms with van der Waals surface area (Å²) in [4.78, 5) is 4.60. The highest BCUT2D eigenvalue weighted by Gasteiger charge is 2.12. The van der Waals surface area contributed by atoms with Gasteiger partial charge in [0.05, 0.1) is 5.56 Å². The van der Waals surface area contributed by atoms with Crippen molar-refractivity contribution in [3.05, 3.63) is 97.3 Å². The molecule has 0 radical (unpaired) electrons. The predicted molar refractivity (Wildman–Crippen MR) is 117 cm³/mol. The van der Waals surface area contributed by atoms with Crippen LogP contribution in [0.25, 0.3) is 0 Å². The number of hydrogen-bond donors (Lipinski definition) is 2. The van der Waals surface area contributed by atoms with Crippen LogP contribution >= 0.6 is 47.8 Å². The molecule has 0 saturated heterocycles. The van der Waals surface area contributed by atoms with Gasteiger partial charge in [-0.05, 0) is 48.5 Å². The Kier molecular flexibility index (Phi) is 6.53. The van der Waals surface area contributed by atoms with Crippen LogP contribution in [0.4, 0.5) is 5.69 Å². The summed E-state index contributed by atoms with van der Waals surface area (Å²) in [6, 6.07) is 23.5. The van der Waals surface area contributed by atoms with E-state index in [-0.39, 0.29) is 5.84 Å². The van der Waals surface area contributed by atoms with E-state index in [1.54, 1.807) is 0 Å². The molecule has 6 heteroatoms. The second-order valence-corrected chi connectivity index (χ2v) is 8.30. The molecule has 0 fully saturated rings. The topological polar surface area (TPSA) is 52.8 Å². The van der Waals surface area contributed by atoms with Crippen LogP contribution in [-0.4, -0.2) is 11.7 Å². The Morgan fingerprint density at radius 1 is 0.654 bits per heavy atom. The first-order valence-electron chi connectivity index (χ1n) is 7.81. The molecular weight excluding hydrogens is 522 g/mol. The van der Waals surface area contributed by atoms with Gasteiger partial charge in [-0.2, -0.15) is 4.99 Å². The molecule has 130 valence electrons. The van der Waals surface area contributed by atoms with Crippen molar-refractivity contribution in [1.82, 2.24) is 0 Å². The van der Waals surface area contributed by atoms with Crippen LogP contribution in [0.15, 0.2) is 91.2 Å². The summed E-state index contributed by atoms with van der Waals surface area (Å²) in [6.07, 6.45) is 0. The Morgan fingerprint density at radius 2 is 1.08 bits per heavy atom. The van der Waals surface area contributed by atoms with Crippen molar-refractivity contribution in [3.63, 3.8) is 0 Å². The summed E-state index contributed by atoms with van der Waals surface area (Å²) >= 11 is 10.3. The molecule has 3 rings (SSSR count). The lowest BCUT2D eigenvalue weighted by molar-refractivity contribution is -0.442. The summed E-state index contributed by atoms with van der Waals surface area (Å²) < 4.78 is 3.01. The Morgan fingerprint density at radius 3 is 1.58 bits per heavy atom. The van der Waals surface area contributed by atoms with Gasteiger partial charge in [0, 0.05) is 31.1 Å². The molecule has 3 nitrogen and oxygen atoms in total. The van der Waals surface area contributed by atoms with E-state index in [1.165, 1.54) is 0 Å². The van der Waals surface area contributed by atoms with Crippen LogP contribution in [0.2, 0.25) is 0 Å². The average molecular weight is 537 g/mol. The van der Waals surface area contributed by atoms with Crippen LogP contribution in [0.3, 0.4) is 0 Å². The molecule has 0 aliphatic heterocycles. The molecule has 0 saturated carbocycles. The SMILES string of the molecule is N=C(N=C([NH2+]c1ccc(Br)cc1)c1ccc(Br)cc1)c1ccc(Br)cc1. The number of amidine groups is 2. The number of rotatable bonds is 3. The fourth-order valence-electron chi connectivity index (χ4n) is 2.31. The van der Waals surface area contributed by atoms with Crippen LogP contribution < -0.4 is 5.32 Å². The van der Waals surface area contributed by atoms with Crippen molar-refractivity contribution in [1.29, 1.82) is 5.41 Å². The molecule has 3 aromatic carbocycles. The standard InChI is InChI=1S/C20H14Br3N3/c21-15-5-1-13(2-6-15)19(24)26-20(14-3-7-16(22)8-4-14)25-18-11-9-17(23)10-12-18/h1-12H,(H2,24,25,26)/p+1. The molecule has 3 N–H and O–H groups in total. The largest absolute Gasteiger partial charge is 0.282 e. The van der Waals surface area contributed by atoms with E-state index in [0.29, 0.717) is 0 Å². The fraction of sp³-hybridized carbons (Fsp3) is 0. The summed E-state index contributed by atoms with van der Waals surface area (Å²) in [7, 11) is 0. The van der Waals surface area contributed by atoms with Gasteiger partial charge in [-0.25, -0.2) is 0 Å². The monoisotopic (exact) mass is 534 g/mol.